The van der Waals surface area contributed by atoms with E-state index in [9.17, 15) is 9.59 Å². The van der Waals surface area contributed by atoms with Crippen LogP contribution in [0.2, 0.25) is 10.0 Å². The molecule has 0 bridgehead atoms. The second-order valence-electron chi connectivity index (χ2n) is 9.83. The lowest BCUT2D eigenvalue weighted by Crippen LogP contribution is -2.38. The van der Waals surface area contributed by atoms with Gasteiger partial charge in [0.05, 0.1) is 28.9 Å². The van der Waals surface area contributed by atoms with Gasteiger partial charge in [0.2, 0.25) is 17.6 Å². The van der Waals surface area contributed by atoms with Gasteiger partial charge in [-0.3, -0.25) is 14.5 Å². The number of hydrogen-bond donors (Lipinski definition) is 2. The molecule has 0 radical (unpaired) electrons. The monoisotopic (exact) mass is 577 g/mol. The molecule has 1 unspecified atom stereocenters. The lowest BCUT2D eigenvalue weighted by Gasteiger charge is -2.30. The number of carbonyl (C=O) groups is 2. The molecular weight excluding hydrogens is 549 g/mol. The van der Waals surface area contributed by atoms with Crippen molar-refractivity contribution in [1.29, 1.82) is 0 Å². The van der Waals surface area contributed by atoms with Crippen LogP contribution in [0.3, 0.4) is 0 Å². The van der Waals surface area contributed by atoms with Gasteiger partial charge in [0.15, 0.2) is 0 Å². The van der Waals surface area contributed by atoms with Gasteiger partial charge in [-0.2, -0.15) is 4.98 Å². The van der Waals surface area contributed by atoms with Crippen molar-refractivity contribution < 1.29 is 14.1 Å². The van der Waals surface area contributed by atoms with Crippen molar-refractivity contribution in [3.05, 3.63) is 99.9 Å². The fourth-order valence-corrected chi connectivity index (χ4v) is 5.26. The number of anilines is 1. The third-order valence-electron chi connectivity index (χ3n) is 7.03. The van der Waals surface area contributed by atoms with Crippen LogP contribution in [-0.2, 0) is 11.3 Å². The Labute approximate surface area is 242 Å². The zero-order valence-electron chi connectivity index (χ0n) is 21.9. The normalized spacial score (nSPS) is 15.0. The zero-order valence-corrected chi connectivity index (χ0v) is 23.5. The number of likely N-dealkylation sites (tertiary alicyclic amines) is 1. The van der Waals surface area contributed by atoms with E-state index >= 15 is 0 Å². The van der Waals surface area contributed by atoms with Crippen molar-refractivity contribution in [2.75, 3.05) is 18.4 Å². The lowest BCUT2D eigenvalue weighted by atomic mass is 9.95. The van der Waals surface area contributed by atoms with Crippen LogP contribution >= 0.6 is 23.2 Å². The highest BCUT2D eigenvalue weighted by Gasteiger charge is 2.27. The number of halogens is 2. The van der Waals surface area contributed by atoms with Crippen molar-refractivity contribution >= 4 is 40.7 Å². The van der Waals surface area contributed by atoms with Crippen LogP contribution in [0.15, 0.2) is 77.3 Å². The summed E-state index contributed by atoms with van der Waals surface area (Å²) in [4.78, 5) is 32.8. The molecule has 0 aliphatic carbocycles. The second-order valence-corrected chi connectivity index (χ2v) is 10.7. The topological polar surface area (TPSA) is 100 Å². The van der Waals surface area contributed by atoms with Crippen molar-refractivity contribution in [1.82, 2.24) is 20.4 Å². The third kappa shape index (κ3) is 6.70. The average Bonchev–Trinajstić information content (AvgIpc) is 3.42. The van der Waals surface area contributed by atoms with E-state index in [0.717, 1.165) is 5.56 Å². The zero-order chi connectivity index (χ0) is 28.1. The third-order valence-corrected chi connectivity index (χ3v) is 7.58. The summed E-state index contributed by atoms with van der Waals surface area (Å²) < 4.78 is 5.44. The highest BCUT2D eigenvalue weighted by Crippen LogP contribution is 2.29. The van der Waals surface area contributed by atoms with E-state index in [1.165, 1.54) is 0 Å². The van der Waals surface area contributed by atoms with Crippen LogP contribution in [0.25, 0.3) is 11.4 Å². The van der Waals surface area contributed by atoms with Crippen molar-refractivity contribution in [3.63, 3.8) is 0 Å². The maximum absolute atomic E-state index is 13.1. The fourth-order valence-electron chi connectivity index (χ4n) is 4.77. The Bertz CT molecular complexity index is 1490. The van der Waals surface area contributed by atoms with Crippen LogP contribution in [0.4, 0.5) is 5.69 Å². The van der Waals surface area contributed by atoms with Gasteiger partial charge in [0.1, 0.15) is 0 Å². The minimum Gasteiger partial charge on any atom is -0.345 e. The Morgan fingerprint density at radius 1 is 1.02 bits per heavy atom. The number of hydrogen-bond acceptors (Lipinski definition) is 6. The van der Waals surface area contributed by atoms with Gasteiger partial charge in [-0.1, -0.05) is 70.8 Å². The first-order chi connectivity index (χ1) is 19.4. The molecule has 10 heteroatoms. The van der Waals surface area contributed by atoms with Gasteiger partial charge in [0, 0.05) is 16.5 Å². The van der Waals surface area contributed by atoms with Gasteiger partial charge in [-0.25, -0.2) is 0 Å². The maximum atomic E-state index is 13.1. The molecule has 2 amide bonds. The molecule has 1 fully saturated rings. The molecule has 1 atom stereocenters. The number of aromatic nitrogens is 2. The lowest BCUT2D eigenvalue weighted by molar-refractivity contribution is -0.121. The summed E-state index contributed by atoms with van der Waals surface area (Å²) in [6, 6.07) is 21.8. The summed E-state index contributed by atoms with van der Waals surface area (Å²) in [6.45, 7) is 3.82. The molecule has 8 nitrogen and oxygen atoms in total. The summed E-state index contributed by atoms with van der Waals surface area (Å²) in [5.41, 5.74) is 2.60. The van der Waals surface area contributed by atoms with E-state index in [1.54, 1.807) is 36.4 Å². The van der Waals surface area contributed by atoms with E-state index in [4.69, 9.17) is 27.7 Å². The van der Waals surface area contributed by atoms with E-state index in [0.29, 0.717) is 71.1 Å². The van der Waals surface area contributed by atoms with Gasteiger partial charge in [-0.15, -0.1) is 0 Å². The van der Waals surface area contributed by atoms with Crippen molar-refractivity contribution in [2.45, 2.75) is 32.4 Å². The van der Waals surface area contributed by atoms with Crippen LogP contribution in [-0.4, -0.2) is 39.9 Å². The summed E-state index contributed by atoms with van der Waals surface area (Å²) in [6.07, 6.45) is 1.35. The molecule has 1 aliphatic heterocycles. The molecule has 1 aromatic heterocycles. The van der Waals surface area contributed by atoms with E-state index in [-0.39, 0.29) is 23.8 Å². The quantitative estimate of drug-likeness (QED) is 0.252. The fraction of sp³-hybridized carbons (Fsp3) is 0.267. The molecule has 0 spiro atoms. The molecule has 2 N–H and O–H groups in total. The molecule has 2 heterocycles. The first-order valence-corrected chi connectivity index (χ1v) is 13.9. The Balaban J connectivity index is 1.15. The number of nitrogens with one attached hydrogen (secondary N) is 2. The number of nitrogens with zero attached hydrogens (tertiary/aromatic N) is 3. The molecule has 1 saturated heterocycles. The summed E-state index contributed by atoms with van der Waals surface area (Å²) >= 11 is 12.2. The molecule has 0 saturated carbocycles. The van der Waals surface area contributed by atoms with Gasteiger partial charge in [0.25, 0.3) is 5.91 Å². The first kappa shape index (κ1) is 27.8. The standard InChI is InChI=1S/C30H29Cl2N5O3/c1-19(20-7-3-2-4-8-20)33-30(39)24-9-5-6-10-26(24)34-29(38)21-13-15-37(16-14-21)18-27-35-28(36-40-27)23-12-11-22(31)17-25(23)32/h2-12,17,19,21H,13-16,18H2,1H3,(H,33,39)(H,34,38). The van der Waals surface area contributed by atoms with E-state index in [2.05, 4.69) is 25.7 Å². The number of carbonyl (C=O) groups excluding carboxylic acids is 2. The highest BCUT2D eigenvalue weighted by atomic mass is 35.5. The number of piperidine rings is 1. The Kier molecular flexibility index (Phi) is 8.79. The van der Waals surface area contributed by atoms with E-state index in [1.807, 2.05) is 43.3 Å². The Hall–Kier alpha value is -3.72. The molecule has 40 heavy (non-hydrogen) atoms. The predicted molar refractivity (Wildman–Crippen MR) is 155 cm³/mol. The van der Waals surface area contributed by atoms with Crippen LogP contribution in [0.1, 0.15) is 47.6 Å². The van der Waals surface area contributed by atoms with Crippen molar-refractivity contribution in [2.24, 2.45) is 5.92 Å². The largest absolute Gasteiger partial charge is 0.345 e. The van der Waals surface area contributed by atoms with Crippen LogP contribution in [0, 0.1) is 5.92 Å². The maximum Gasteiger partial charge on any atom is 0.253 e. The minimum atomic E-state index is -0.235. The molecule has 4 aromatic rings. The molecule has 5 rings (SSSR count). The average molecular weight is 579 g/mol. The van der Waals surface area contributed by atoms with Crippen LogP contribution < -0.4 is 10.6 Å². The van der Waals surface area contributed by atoms with E-state index < -0.39 is 0 Å². The smallest absolute Gasteiger partial charge is 0.253 e. The number of amides is 2. The van der Waals surface area contributed by atoms with Gasteiger partial charge >= 0.3 is 0 Å². The van der Waals surface area contributed by atoms with Crippen molar-refractivity contribution in [3.8, 4) is 11.4 Å². The molecule has 3 aromatic carbocycles. The Morgan fingerprint density at radius 2 is 1.75 bits per heavy atom. The molecular formula is C30H29Cl2N5O3. The number of rotatable bonds is 8. The summed E-state index contributed by atoms with van der Waals surface area (Å²) in [5, 5.41) is 11.1. The molecule has 1 aliphatic rings. The van der Waals surface area contributed by atoms with Crippen LogP contribution in [0.5, 0.6) is 0 Å². The number of benzene rings is 3. The Morgan fingerprint density at radius 3 is 2.50 bits per heavy atom. The molecule has 206 valence electrons. The highest BCUT2D eigenvalue weighted by molar-refractivity contribution is 6.36. The summed E-state index contributed by atoms with van der Waals surface area (Å²) in [7, 11) is 0. The minimum absolute atomic E-state index is 0.0894. The number of para-hydroxylation sites is 1. The summed E-state index contributed by atoms with van der Waals surface area (Å²) in [5.74, 6) is 0.400. The SMILES string of the molecule is CC(NC(=O)c1ccccc1NC(=O)C1CCN(Cc2nc(-c3ccc(Cl)cc3Cl)no2)CC1)c1ccccc1. The first-order valence-electron chi connectivity index (χ1n) is 13.1. The van der Waals surface area contributed by atoms with Gasteiger partial charge < -0.3 is 15.2 Å². The second kappa shape index (κ2) is 12.6. The van der Waals surface area contributed by atoms with Gasteiger partial charge in [-0.05, 0) is 68.8 Å². The predicted octanol–water partition coefficient (Wildman–Crippen LogP) is 6.39.